The van der Waals surface area contributed by atoms with Crippen LogP contribution in [0.1, 0.15) is 19.4 Å². The average molecular weight is 615 g/mol. The van der Waals surface area contributed by atoms with Gasteiger partial charge in [0.05, 0.1) is 34.9 Å². The van der Waals surface area contributed by atoms with Gasteiger partial charge in [0.15, 0.2) is 0 Å². The van der Waals surface area contributed by atoms with E-state index in [4.69, 9.17) is 58.5 Å². The lowest BCUT2D eigenvalue weighted by molar-refractivity contribution is 0.146. The number of rotatable bonds is 13. The molecule has 0 spiro atoms. The largest absolute Gasteiger partial charge is 0.492 e. The van der Waals surface area contributed by atoms with Gasteiger partial charge >= 0.3 is 0 Å². The molecule has 40 heavy (non-hydrogen) atoms. The Morgan fingerprint density at radius 1 is 0.725 bits per heavy atom. The Hall–Kier alpha value is -2.80. The van der Waals surface area contributed by atoms with Crippen molar-refractivity contribution in [2.75, 3.05) is 47.3 Å². The van der Waals surface area contributed by atoms with Crippen LogP contribution >= 0.6 is 34.8 Å². The topological polar surface area (TPSA) is 69.9 Å². The maximum absolute atomic E-state index is 15.3. The zero-order valence-electron chi connectivity index (χ0n) is 22.4. The normalized spacial score (nSPS) is 11.0. The lowest BCUT2D eigenvalue weighted by Crippen LogP contribution is -2.09. The molecular formula is C29H28Cl3F2NO5. The Balaban J connectivity index is 2.27. The van der Waals surface area contributed by atoms with Crippen molar-refractivity contribution in [3.8, 4) is 45.6 Å². The summed E-state index contributed by atoms with van der Waals surface area (Å²) in [7, 11) is 2.99. The second-order valence-corrected chi connectivity index (χ2v) is 10.2. The monoisotopic (exact) mass is 613 g/mol. The maximum Gasteiger partial charge on any atom is 0.145 e. The summed E-state index contributed by atoms with van der Waals surface area (Å²) in [6, 6.07) is 8.38. The molecule has 0 radical (unpaired) electrons. The molecule has 0 heterocycles. The third-order valence-electron chi connectivity index (χ3n) is 5.60. The molecule has 3 rings (SSSR count). The van der Waals surface area contributed by atoms with E-state index in [-0.39, 0.29) is 92.5 Å². The van der Waals surface area contributed by atoms with Crippen LogP contribution < -0.4 is 14.2 Å². The number of ether oxygens (including phenoxy) is 5. The van der Waals surface area contributed by atoms with Crippen LogP contribution in [0.15, 0.2) is 30.3 Å². The SMILES string of the molecule is COCCOc1cc(-c2c(Cl)cc(-c3cc(OCC(C)C)c(Cl)cc3F)c(OCCOC)c2C#N)c(F)cc1Cl. The summed E-state index contributed by atoms with van der Waals surface area (Å²) in [6.45, 7) is 4.87. The summed E-state index contributed by atoms with van der Waals surface area (Å²) >= 11 is 19.1. The average Bonchev–Trinajstić information content (AvgIpc) is 2.90. The maximum atomic E-state index is 15.3. The predicted molar refractivity (Wildman–Crippen MR) is 152 cm³/mol. The lowest BCUT2D eigenvalue weighted by Gasteiger charge is -2.20. The molecule has 0 aromatic heterocycles. The molecule has 0 atom stereocenters. The van der Waals surface area contributed by atoms with Gasteiger partial charge in [-0.15, -0.1) is 0 Å². The summed E-state index contributed by atoms with van der Waals surface area (Å²) in [6.07, 6.45) is 0. The highest BCUT2D eigenvalue weighted by Gasteiger charge is 2.26. The number of hydrogen-bond acceptors (Lipinski definition) is 6. The Morgan fingerprint density at radius 3 is 1.85 bits per heavy atom. The van der Waals surface area contributed by atoms with Crippen LogP contribution in [0.2, 0.25) is 15.1 Å². The highest BCUT2D eigenvalue weighted by atomic mass is 35.5. The molecule has 0 bridgehead atoms. The molecule has 0 N–H and O–H groups in total. The zero-order chi connectivity index (χ0) is 29.4. The Bertz CT molecular complexity index is 1400. The Kier molecular flexibility index (Phi) is 11.7. The van der Waals surface area contributed by atoms with Crippen molar-refractivity contribution in [3.63, 3.8) is 0 Å². The molecule has 6 nitrogen and oxygen atoms in total. The van der Waals surface area contributed by atoms with Gasteiger partial charge in [-0.25, -0.2) is 8.78 Å². The second-order valence-electron chi connectivity index (χ2n) is 9.01. The van der Waals surface area contributed by atoms with Crippen LogP contribution in [0.4, 0.5) is 8.78 Å². The summed E-state index contributed by atoms with van der Waals surface area (Å²) in [5.74, 6) is -0.871. The number of methoxy groups -OCH3 is 2. The zero-order valence-corrected chi connectivity index (χ0v) is 24.6. The van der Waals surface area contributed by atoms with E-state index in [0.29, 0.717) is 6.61 Å². The molecule has 0 unspecified atom stereocenters. The molecule has 3 aromatic rings. The second kappa shape index (κ2) is 14.7. The summed E-state index contributed by atoms with van der Waals surface area (Å²) in [5.41, 5.74) is 0.0223. The Labute approximate surface area is 247 Å². The van der Waals surface area contributed by atoms with E-state index in [1.165, 1.54) is 32.4 Å². The van der Waals surface area contributed by atoms with Crippen LogP contribution in [-0.4, -0.2) is 47.3 Å². The van der Waals surface area contributed by atoms with Gasteiger partial charge in [-0.05, 0) is 36.2 Å². The first-order chi connectivity index (χ1) is 19.1. The highest BCUT2D eigenvalue weighted by Crippen LogP contribution is 2.47. The smallest absolute Gasteiger partial charge is 0.145 e. The van der Waals surface area contributed by atoms with Crippen molar-refractivity contribution in [2.24, 2.45) is 5.92 Å². The van der Waals surface area contributed by atoms with Gasteiger partial charge < -0.3 is 23.7 Å². The van der Waals surface area contributed by atoms with E-state index in [1.54, 1.807) is 0 Å². The van der Waals surface area contributed by atoms with E-state index >= 15 is 8.78 Å². The highest BCUT2D eigenvalue weighted by molar-refractivity contribution is 6.35. The first kappa shape index (κ1) is 31.7. The van der Waals surface area contributed by atoms with Gasteiger partial charge in [-0.1, -0.05) is 48.7 Å². The number of hydrogen-bond donors (Lipinski definition) is 0. The minimum Gasteiger partial charge on any atom is -0.492 e. The summed E-state index contributed by atoms with van der Waals surface area (Å²) in [4.78, 5) is 0. The van der Waals surface area contributed by atoms with Crippen molar-refractivity contribution < 1.29 is 32.5 Å². The molecule has 0 aliphatic carbocycles. The van der Waals surface area contributed by atoms with Crippen molar-refractivity contribution >= 4 is 34.8 Å². The van der Waals surface area contributed by atoms with Crippen LogP contribution in [0.3, 0.4) is 0 Å². The molecule has 0 aliphatic rings. The number of halogens is 5. The third-order valence-corrected chi connectivity index (χ3v) is 6.49. The van der Waals surface area contributed by atoms with Gasteiger partial charge in [0.25, 0.3) is 0 Å². The van der Waals surface area contributed by atoms with Gasteiger partial charge in [0.2, 0.25) is 0 Å². The fourth-order valence-corrected chi connectivity index (χ4v) is 4.46. The quantitative estimate of drug-likeness (QED) is 0.181. The molecule has 0 saturated carbocycles. The van der Waals surface area contributed by atoms with Crippen molar-refractivity contribution in [3.05, 3.63) is 62.6 Å². The molecule has 214 valence electrons. The molecular weight excluding hydrogens is 587 g/mol. The Morgan fingerprint density at radius 2 is 1.27 bits per heavy atom. The summed E-state index contributed by atoms with van der Waals surface area (Å²) in [5, 5.41) is 10.3. The van der Waals surface area contributed by atoms with Gasteiger partial charge in [-0.2, -0.15) is 5.26 Å². The van der Waals surface area contributed by atoms with E-state index in [1.807, 2.05) is 19.9 Å². The van der Waals surface area contributed by atoms with E-state index in [2.05, 4.69) is 0 Å². The fraction of sp³-hybridized carbons (Fsp3) is 0.345. The number of nitrogens with zero attached hydrogens (tertiary/aromatic N) is 1. The first-order valence-electron chi connectivity index (χ1n) is 12.2. The van der Waals surface area contributed by atoms with Crippen LogP contribution in [0, 0.1) is 28.9 Å². The van der Waals surface area contributed by atoms with E-state index in [9.17, 15) is 5.26 Å². The lowest BCUT2D eigenvalue weighted by atomic mass is 9.93. The minimum absolute atomic E-state index is 0.0135. The predicted octanol–water partition coefficient (Wildman–Crippen LogP) is 8.22. The van der Waals surface area contributed by atoms with Crippen molar-refractivity contribution in [2.45, 2.75) is 13.8 Å². The van der Waals surface area contributed by atoms with Crippen LogP contribution in [-0.2, 0) is 9.47 Å². The van der Waals surface area contributed by atoms with Gasteiger partial charge in [0, 0.05) is 36.5 Å². The van der Waals surface area contributed by atoms with E-state index in [0.717, 1.165) is 12.1 Å². The number of nitriles is 1. The fourth-order valence-electron chi connectivity index (χ4n) is 3.75. The van der Waals surface area contributed by atoms with Crippen molar-refractivity contribution in [1.29, 1.82) is 5.26 Å². The molecule has 0 amide bonds. The molecule has 11 heteroatoms. The van der Waals surface area contributed by atoms with E-state index < -0.39 is 11.6 Å². The standard InChI is InChI=1S/C29H28Cl3F2NO5/c1-16(2)15-40-27-10-17(24(33)12-22(27)31)18-9-23(32)28(20(14-35)29(18)39-8-6-37-4)19-11-26(38-7-5-36-3)21(30)13-25(19)34/h9-13,16H,5-8,15H2,1-4H3. The minimum atomic E-state index is -0.750. The molecule has 0 aliphatic heterocycles. The van der Waals surface area contributed by atoms with Gasteiger partial charge in [-0.3, -0.25) is 0 Å². The number of benzene rings is 3. The van der Waals surface area contributed by atoms with Crippen LogP contribution in [0.5, 0.6) is 17.2 Å². The molecule has 0 fully saturated rings. The molecule has 0 saturated heterocycles. The molecule has 3 aromatic carbocycles. The summed E-state index contributed by atoms with van der Waals surface area (Å²) < 4.78 is 58.0. The third kappa shape index (κ3) is 7.48. The van der Waals surface area contributed by atoms with Crippen LogP contribution in [0.25, 0.3) is 22.3 Å². The van der Waals surface area contributed by atoms with Crippen molar-refractivity contribution in [1.82, 2.24) is 0 Å². The van der Waals surface area contributed by atoms with Gasteiger partial charge in [0.1, 0.15) is 53.7 Å². The first-order valence-corrected chi connectivity index (χ1v) is 13.4.